The van der Waals surface area contributed by atoms with Crippen molar-refractivity contribution < 1.29 is 23.0 Å². The standard InChI is InChI=1S/C24H28F2O3/c1-2-3-4-15-28-20-10-12-21(13-11-20)29-24(27)18-7-5-17(6-8-18)22-14-9-19(25)16-23(22)26/h5-9,14,16,20-21H,2-4,10-13,15H2,1H3. The number of unbranched alkanes of at least 4 members (excludes halogenated alkanes) is 2. The van der Waals surface area contributed by atoms with Crippen LogP contribution in [-0.2, 0) is 9.47 Å². The van der Waals surface area contributed by atoms with Gasteiger partial charge in [-0.1, -0.05) is 31.9 Å². The molecule has 1 aliphatic carbocycles. The molecule has 2 aromatic carbocycles. The first-order valence-electron chi connectivity index (χ1n) is 10.4. The average Bonchev–Trinajstić information content (AvgIpc) is 2.72. The Morgan fingerprint density at radius 1 is 0.966 bits per heavy atom. The van der Waals surface area contributed by atoms with Gasteiger partial charge < -0.3 is 9.47 Å². The third-order valence-corrected chi connectivity index (χ3v) is 5.36. The van der Waals surface area contributed by atoms with Gasteiger partial charge in [0, 0.05) is 18.2 Å². The second kappa shape index (κ2) is 10.5. The Morgan fingerprint density at radius 2 is 1.66 bits per heavy atom. The zero-order valence-corrected chi connectivity index (χ0v) is 16.8. The highest BCUT2D eigenvalue weighted by Gasteiger charge is 2.24. The number of rotatable bonds is 8. The fraction of sp³-hybridized carbons (Fsp3) is 0.458. The summed E-state index contributed by atoms with van der Waals surface area (Å²) in [6, 6.07) is 9.97. The maximum Gasteiger partial charge on any atom is 0.338 e. The van der Waals surface area contributed by atoms with Crippen LogP contribution in [0.4, 0.5) is 8.78 Å². The van der Waals surface area contributed by atoms with E-state index in [1.165, 1.54) is 25.0 Å². The summed E-state index contributed by atoms with van der Waals surface area (Å²) in [5, 5.41) is 0. The SMILES string of the molecule is CCCCCOC1CCC(OC(=O)c2ccc(-c3ccc(F)cc3F)cc2)CC1. The Balaban J connectivity index is 1.49. The maximum absolute atomic E-state index is 13.9. The van der Waals surface area contributed by atoms with Gasteiger partial charge in [-0.15, -0.1) is 0 Å². The van der Waals surface area contributed by atoms with E-state index in [-0.39, 0.29) is 18.2 Å². The summed E-state index contributed by atoms with van der Waals surface area (Å²) in [6.45, 7) is 2.98. The Morgan fingerprint density at radius 3 is 2.31 bits per heavy atom. The molecule has 5 heteroatoms. The minimum atomic E-state index is -0.631. The largest absolute Gasteiger partial charge is 0.459 e. The van der Waals surface area contributed by atoms with Crippen LogP contribution in [0.25, 0.3) is 11.1 Å². The lowest BCUT2D eigenvalue weighted by molar-refractivity contribution is -0.0203. The molecule has 0 atom stereocenters. The van der Waals surface area contributed by atoms with E-state index in [9.17, 15) is 13.6 Å². The molecule has 0 aromatic heterocycles. The smallest absolute Gasteiger partial charge is 0.338 e. The van der Waals surface area contributed by atoms with Crippen molar-refractivity contribution in [2.45, 2.75) is 64.1 Å². The number of ether oxygens (including phenoxy) is 2. The van der Waals surface area contributed by atoms with Gasteiger partial charge in [0.25, 0.3) is 0 Å². The number of carbonyl (C=O) groups excluding carboxylic acids is 1. The third kappa shape index (κ3) is 6.10. The van der Waals surface area contributed by atoms with Crippen LogP contribution in [0.3, 0.4) is 0 Å². The van der Waals surface area contributed by atoms with Crippen LogP contribution in [0.2, 0.25) is 0 Å². The van der Waals surface area contributed by atoms with Crippen molar-refractivity contribution in [3.8, 4) is 11.1 Å². The summed E-state index contributed by atoms with van der Waals surface area (Å²) < 4.78 is 38.5. The number of esters is 1. The number of halogens is 2. The van der Waals surface area contributed by atoms with E-state index in [0.29, 0.717) is 16.7 Å². The quantitative estimate of drug-likeness (QED) is 0.384. The van der Waals surface area contributed by atoms with E-state index in [1.807, 2.05) is 0 Å². The summed E-state index contributed by atoms with van der Waals surface area (Å²) >= 11 is 0. The fourth-order valence-electron chi connectivity index (χ4n) is 3.65. The van der Waals surface area contributed by atoms with Crippen LogP contribution in [0.1, 0.15) is 62.2 Å². The molecule has 0 radical (unpaired) electrons. The molecule has 29 heavy (non-hydrogen) atoms. The maximum atomic E-state index is 13.9. The van der Waals surface area contributed by atoms with Crippen molar-refractivity contribution in [1.29, 1.82) is 0 Å². The first kappa shape index (κ1) is 21.4. The van der Waals surface area contributed by atoms with Gasteiger partial charge in [0.05, 0.1) is 11.7 Å². The highest BCUT2D eigenvalue weighted by atomic mass is 19.1. The summed E-state index contributed by atoms with van der Waals surface area (Å²) in [5.41, 5.74) is 1.30. The van der Waals surface area contributed by atoms with E-state index in [0.717, 1.165) is 44.8 Å². The molecule has 3 rings (SSSR count). The monoisotopic (exact) mass is 402 g/mol. The summed E-state index contributed by atoms with van der Waals surface area (Å²) in [6.07, 6.45) is 7.10. The van der Waals surface area contributed by atoms with Gasteiger partial charge in [-0.25, -0.2) is 13.6 Å². The molecule has 0 aliphatic heterocycles. The average molecular weight is 402 g/mol. The Hall–Kier alpha value is -2.27. The predicted molar refractivity (Wildman–Crippen MR) is 109 cm³/mol. The molecular formula is C24H28F2O3. The van der Waals surface area contributed by atoms with Crippen molar-refractivity contribution in [3.63, 3.8) is 0 Å². The minimum absolute atomic E-state index is 0.0905. The van der Waals surface area contributed by atoms with Crippen LogP contribution in [0, 0.1) is 11.6 Å². The van der Waals surface area contributed by atoms with Crippen molar-refractivity contribution >= 4 is 5.97 Å². The highest BCUT2D eigenvalue weighted by Crippen LogP contribution is 2.26. The normalized spacial score (nSPS) is 19.1. The zero-order chi connectivity index (χ0) is 20.6. The Labute approximate surface area is 171 Å². The van der Waals surface area contributed by atoms with E-state index < -0.39 is 11.6 Å². The molecule has 0 bridgehead atoms. The molecule has 1 saturated carbocycles. The number of carbonyl (C=O) groups is 1. The molecule has 156 valence electrons. The zero-order valence-electron chi connectivity index (χ0n) is 16.8. The van der Waals surface area contributed by atoms with Crippen molar-refractivity contribution in [2.24, 2.45) is 0 Å². The van der Waals surface area contributed by atoms with Crippen molar-refractivity contribution in [1.82, 2.24) is 0 Å². The molecule has 0 unspecified atom stereocenters. The topological polar surface area (TPSA) is 35.5 Å². The molecule has 1 fully saturated rings. The lowest BCUT2D eigenvalue weighted by Crippen LogP contribution is -2.28. The van der Waals surface area contributed by atoms with Gasteiger partial charge >= 0.3 is 5.97 Å². The Bertz CT molecular complexity index is 796. The first-order valence-corrected chi connectivity index (χ1v) is 10.4. The fourth-order valence-corrected chi connectivity index (χ4v) is 3.65. The molecular weight excluding hydrogens is 374 g/mol. The number of hydrogen-bond acceptors (Lipinski definition) is 3. The van der Waals surface area contributed by atoms with E-state index in [1.54, 1.807) is 24.3 Å². The number of benzene rings is 2. The summed E-state index contributed by atoms with van der Waals surface area (Å²) in [4.78, 5) is 12.4. The molecule has 1 aliphatic rings. The van der Waals surface area contributed by atoms with Crippen molar-refractivity contribution in [3.05, 3.63) is 59.7 Å². The lowest BCUT2D eigenvalue weighted by atomic mass is 9.95. The van der Waals surface area contributed by atoms with Crippen LogP contribution >= 0.6 is 0 Å². The molecule has 3 nitrogen and oxygen atoms in total. The Kier molecular flexibility index (Phi) is 7.76. The lowest BCUT2D eigenvalue weighted by Gasteiger charge is -2.28. The van der Waals surface area contributed by atoms with Gasteiger partial charge in [-0.3, -0.25) is 0 Å². The molecule has 0 N–H and O–H groups in total. The van der Waals surface area contributed by atoms with Gasteiger partial charge in [0.1, 0.15) is 17.7 Å². The molecule has 0 amide bonds. The second-order valence-electron chi connectivity index (χ2n) is 7.58. The van der Waals surface area contributed by atoms with Crippen LogP contribution in [0.5, 0.6) is 0 Å². The second-order valence-corrected chi connectivity index (χ2v) is 7.58. The molecule has 0 saturated heterocycles. The van der Waals surface area contributed by atoms with E-state index in [2.05, 4.69) is 6.92 Å². The van der Waals surface area contributed by atoms with Crippen LogP contribution < -0.4 is 0 Å². The predicted octanol–water partition coefficient (Wildman–Crippen LogP) is 6.31. The number of hydrogen-bond donors (Lipinski definition) is 0. The molecule has 0 spiro atoms. The van der Waals surface area contributed by atoms with Gasteiger partial charge in [-0.2, -0.15) is 0 Å². The van der Waals surface area contributed by atoms with E-state index >= 15 is 0 Å². The van der Waals surface area contributed by atoms with Crippen LogP contribution in [-0.4, -0.2) is 24.8 Å². The highest BCUT2D eigenvalue weighted by molar-refractivity contribution is 5.90. The molecule has 0 heterocycles. The van der Waals surface area contributed by atoms with Crippen molar-refractivity contribution in [2.75, 3.05) is 6.61 Å². The van der Waals surface area contributed by atoms with E-state index in [4.69, 9.17) is 9.47 Å². The summed E-state index contributed by atoms with van der Waals surface area (Å²) in [7, 11) is 0. The van der Waals surface area contributed by atoms with Gasteiger partial charge in [-0.05, 0) is 61.9 Å². The van der Waals surface area contributed by atoms with Gasteiger partial charge in [0.2, 0.25) is 0 Å². The first-order chi connectivity index (χ1) is 14.1. The summed E-state index contributed by atoms with van der Waals surface area (Å²) in [5.74, 6) is -1.62. The minimum Gasteiger partial charge on any atom is -0.459 e. The molecule has 2 aromatic rings. The van der Waals surface area contributed by atoms with Gasteiger partial charge in [0.15, 0.2) is 0 Å². The third-order valence-electron chi connectivity index (χ3n) is 5.36. The van der Waals surface area contributed by atoms with Crippen LogP contribution in [0.15, 0.2) is 42.5 Å².